The molecule has 0 amide bonds. The number of rotatable bonds is 4. The molecule has 1 fully saturated rings. The van der Waals surface area contributed by atoms with Gasteiger partial charge in [0.2, 0.25) is 5.09 Å². The van der Waals surface area contributed by atoms with Gasteiger partial charge in [-0.2, -0.15) is 4.31 Å². The molecule has 3 rings (SSSR count). The highest BCUT2D eigenvalue weighted by Gasteiger charge is 2.34. The Morgan fingerprint density at radius 2 is 1.95 bits per heavy atom. The number of hydrogen-bond acceptors (Lipinski definition) is 4. The average Bonchev–Trinajstić information content (AvgIpc) is 3.18. The summed E-state index contributed by atoms with van der Waals surface area (Å²) in [6.07, 6.45) is 0.802. The fraction of sp³-hybridized carbons (Fsp3) is 0.333. The molecule has 1 aliphatic rings. The molecule has 1 aromatic heterocycles. The molecule has 1 aliphatic heterocycles. The van der Waals surface area contributed by atoms with Crippen LogP contribution in [-0.4, -0.2) is 30.9 Å². The maximum absolute atomic E-state index is 12.5. The smallest absolute Gasteiger partial charge is 0.276 e. The van der Waals surface area contributed by atoms with E-state index in [0.717, 1.165) is 12.0 Å². The summed E-state index contributed by atoms with van der Waals surface area (Å²) in [5, 5.41) is 8.87. The summed E-state index contributed by atoms with van der Waals surface area (Å²) in [6.45, 7) is 0.640. The lowest BCUT2D eigenvalue weighted by Crippen LogP contribution is -2.28. The normalized spacial score (nSPS) is 20.0. The van der Waals surface area contributed by atoms with Crippen LogP contribution in [0.25, 0.3) is 0 Å². The predicted octanol–water partition coefficient (Wildman–Crippen LogP) is 1.95. The van der Waals surface area contributed by atoms with Gasteiger partial charge in [0.1, 0.15) is 12.4 Å². The summed E-state index contributed by atoms with van der Waals surface area (Å²) in [5.41, 5.74) is 1.16. The molecule has 1 atom stereocenters. The van der Waals surface area contributed by atoms with Crippen LogP contribution in [0, 0.1) is 0 Å². The molecule has 21 heavy (non-hydrogen) atoms. The Balaban J connectivity index is 1.79. The van der Waals surface area contributed by atoms with E-state index in [0.29, 0.717) is 13.1 Å². The predicted molar refractivity (Wildman–Crippen MR) is 77.2 cm³/mol. The van der Waals surface area contributed by atoms with Crippen molar-refractivity contribution in [3.8, 4) is 0 Å². The van der Waals surface area contributed by atoms with Gasteiger partial charge in [0, 0.05) is 13.1 Å². The second-order valence-electron chi connectivity index (χ2n) is 5.14. The van der Waals surface area contributed by atoms with Crippen molar-refractivity contribution in [2.45, 2.75) is 24.0 Å². The molecule has 2 heterocycles. The van der Waals surface area contributed by atoms with Crippen molar-refractivity contribution in [2.75, 3.05) is 13.1 Å². The summed E-state index contributed by atoms with van der Waals surface area (Å²) >= 11 is 0. The van der Waals surface area contributed by atoms with Gasteiger partial charge in [0.15, 0.2) is 0 Å². The highest BCUT2D eigenvalue weighted by molar-refractivity contribution is 7.89. The summed E-state index contributed by atoms with van der Waals surface area (Å²) in [5.74, 6) is 0.473. The van der Waals surface area contributed by atoms with Crippen LogP contribution in [0.4, 0.5) is 0 Å². The molecule has 5 nitrogen and oxygen atoms in total. The van der Waals surface area contributed by atoms with Crippen LogP contribution in [0.15, 0.2) is 52.0 Å². The van der Waals surface area contributed by atoms with E-state index in [1.807, 2.05) is 30.3 Å². The first-order chi connectivity index (χ1) is 10.1. The van der Waals surface area contributed by atoms with E-state index in [1.54, 1.807) is 0 Å². The fourth-order valence-corrected chi connectivity index (χ4v) is 4.08. The summed E-state index contributed by atoms with van der Waals surface area (Å²) in [6, 6.07) is 12.8. The number of aliphatic hydroxyl groups excluding tert-OH is 1. The zero-order chi connectivity index (χ0) is 14.9. The summed E-state index contributed by atoms with van der Waals surface area (Å²) in [7, 11) is -3.61. The third-order valence-electron chi connectivity index (χ3n) is 3.81. The van der Waals surface area contributed by atoms with Gasteiger partial charge in [0.05, 0.1) is 0 Å². The average molecular weight is 307 g/mol. The Kier molecular flexibility index (Phi) is 3.84. The van der Waals surface area contributed by atoms with Gasteiger partial charge in [-0.25, -0.2) is 8.42 Å². The van der Waals surface area contributed by atoms with Gasteiger partial charge in [0.25, 0.3) is 10.0 Å². The number of benzene rings is 1. The van der Waals surface area contributed by atoms with Crippen molar-refractivity contribution in [1.29, 1.82) is 0 Å². The number of nitrogens with zero attached hydrogens (tertiary/aromatic N) is 1. The highest BCUT2D eigenvalue weighted by atomic mass is 32.2. The summed E-state index contributed by atoms with van der Waals surface area (Å²) < 4.78 is 31.6. The maximum Gasteiger partial charge on any atom is 0.276 e. The minimum absolute atomic E-state index is 0.0970. The number of furan rings is 1. The third kappa shape index (κ3) is 2.74. The number of aliphatic hydroxyl groups is 1. The largest absolute Gasteiger partial charge is 0.446 e. The number of sulfonamides is 1. The maximum atomic E-state index is 12.5. The highest BCUT2D eigenvalue weighted by Crippen LogP contribution is 2.31. The molecule has 0 radical (unpaired) electrons. The fourth-order valence-electron chi connectivity index (χ4n) is 2.65. The van der Waals surface area contributed by atoms with Crippen LogP contribution in [0.5, 0.6) is 0 Å². The Labute approximate surface area is 123 Å². The zero-order valence-corrected chi connectivity index (χ0v) is 12.3. The van der Waals surface area contributed by atoms with Gasteiger partial charge in [-0.1, -0.05) is 30.3 Å². The first kappa shape index (κ1) is 14.3. The molecule has 2 aromatic rings. The molecule has 1 aromatic carbocycles. The Bertz CT molecular complexity index is 708. The Hall–Kier alpha value is -1.63. The van der Waals surface area contributed by atoms with Crippen LogP contribution in [0.3, 0.4) is 0 Å². The second-order valence-corrected chi connectivity index (χ2v) is 7.01. The van der Waals surface area contributed by atoms with Crippen molar-refractivity contribution in [3.63, 3.8) is 0 Å². The van der Waals surface area contributed by atoms with E-state index in [2.05, 4.69) is 0 Å². The minimum atomic E-state index is -3.61. The molecule has 0 aliphatic carbocycles. The molecule has 1 N–H and O–H groups in total. The van der Waals surface area contributed by atoms with E-state index < -0.39 is 10.0 Å². The van der Waals surface area contributed by atoms with Crippen molar-refractivity contribution in [1.82, 2.24) is 4.31 Å². The molecular weight excluding hydrogens is 290 g/mol. The van der Waals surface area contributed by atoms with E-state index in [4.69, 9.17) is 9.52 Å². The van der Waals surface area contributed by atoms with E-state index in [9.17, 15) is 8.42 Å². The molecule has 1 unspecified atom stereocenters. The number of hydrogen-bond donors (Lipinski definition) is 1. The van der Waals surface area contributed by atoms with Crippen molar-refractivity contribution < 1.29 is 17.9 Å². The molecule has 6 heteroatoms. The summed E-state index contributed by atoms with van der Waals surface area (Å²) in [4.78, 5) is 0. The van der Waals surface area contributed by atoms with Gasteiger partial charge < -0.3 is 9.52 Å². The van der Waals surface area contributed by atoms with Crippen LogP contribution < -0.4 is 0 Å². The van der Waals surface area contributed by atoms with Crippen molar-refractivity contribution in [2.24, 2.45) is 0 Å². The van der Waals surface area contributed by atoms with E-state index in [1.165, 1.54) is 16.4 Å². The molecule has 0 saturated carbocycles. The second kappa shape index (κ2) is 5.63. The van der Waals surface area contributed by atoms with Crippen LogP contribution in [0.1, 0.15) is 23.7 Å². The van der Waals surface area contributed by atoms with Gasteiger partial charge in [-0.05, 0) is 30.0 Å². The molecule has 1 saturated heterocycles. The minimum Gasteiger partial charge on any atom is -0.446 e. The standard InChI is InChI=1S/C15H17NO4S/c17-11-14-6-7-15(20-14)21(18,19)16-9-8-13(10-16)12-4-2-1-3-5-12/h1-7,13,17H,8-11H2. The van der Waals surface area contributed by atoms with Gasteiger partial charge >= 0.3 is 0 Å². The Morgan fingerprint density at radius 1 is 1.19 bits per heavy atom. The zero-order valence-electron chi connectivity index (χ0n) is 11.5. The van der Waals surface area contributed by atoms with Crippen molar-refractivity contribution in [3.05, 3.63) is 53.8 Å². The molecule has 0 bridgehead atoms. The van der Waals surface area contributed by atoms with Gasteiger partial charge in [-0.15, -0.1) is 0 Å². The third-order valence-corrected chi connectivity index (χ3v) is 5.55. The SMILES string of the molecule is O=S(=O)(c1ccc(CO)o1)N1CCC(c2ccccc2)C1. The van der Waals surface area contributed by atoms with Crippen LogP contribution in [-0.2, 0) is 16.6 Å². The van der Waals surface area contributed by atoms with Crippen LogP contribution in [0.2, 0.25) is 0 Å². The van der Waals surface area contributed by atoms with Crippen LogP contribution >= 0.6 is 0 Å². The lowest BCUT2D eigenvalue weighted by atomic mass is 9.99. The topological polar surface area (TPSA) is 70.8 Å². The quantitative estimate of drug-likeness (QED) is 0.937. The lowest BCUT2D eigenvalue weighted by Gasteiger charge is -2.15. The monoisotopic (exact) mass is 307 g/mol. The first-order valence-electron chi connectivity index (χ1n) is 6.86. The lowest BCUT2D eigenvalue weighted by molar-refractivity contribution is 0.235. The Morgan fingerprint density at radius 3 is 2.62 bits per heavy atom. The molecule has 0 spiro atoms. The van der Waals surface area contributed by atoms with E-state index in [-0.39, 0.29) is 23.4 Å². The molecule has 112 valence electrons. The van der Waals surface area contributed by atoms with Crippen molar-refractivity contribution >= 4 is 10.0 Å². The van der Waals surface area contributed by atoms with E-state index >= 15 is 0 Å². The van der Waals surface area contributed by atoms with Gasteiger partial charge in [-0.3, -0.25) is 0 Å². The molecular formula is C15H17NO4S. The first-order valence-corrected chi connectivity index (χ1v) is 8.30.